The van der Waals surface area contributed by atoms with Gasteiger partial charge in [0, 0.05) is 13.0 Å². The second-order valence-corrected chi connectivity index (χ2v) is 8.03. The van der Waals surface area contributed by atoms with Crippen molar-refractivity contribution in [3.8, 4) is 0 Å². The minimum absolute atomic E-state index is 0.0741. The van der Waals surface area contributed by atoms with Crippen molar-refractivity contribution in [2.24, 2.45) is 11.8 Å². The molecule has 1 aromatic rings. The van der Waals surface area contributed by atoms with Gasteiger partial charge in [-0.25, -0.2) is 4.39 Å². The number of halogens is 1. The summed E-state index contributed by atoms with van der Waals surface area (Å²) in [5.74, 6) is 0.596. The zero-order chi connectivity index (χ0) is 18.1. The van der Waals surface area contributed by atoms with Crippen LogP contribution in [0.4, 0.5) is 4.39 Å². The minimum Gasteiger partial charge on any atom is -0.371 e. The molecule has 1 unspecified atom stereocenters. The number of likely N-dealkylation sites (tertiary alicyclic amines) is 1. The summed E-state index contributed by atoms with van der Waals surface area (Å²) in [5.41, 5.74) is 0.128. The summed E-state index contributed by atoms with van der Waals surface area (Å²) in [6.45, 7) is 2.46. The lowest BCUT2D eigenvalue weighted by molar-refractivity contribution is -0.157. The van der Waals surface area contributed by atoms with E-state index in [4.69, 9.17) is 4.74 Å². The van der Waals surface area contributed by atoms with Gasteiger partial charge in [0.2, 0.25) is 11.8 Å². The second-order valence-electron chi connectivity index (χ2n) is 8.03. The Hall–Kier alpha value is -1.95. The van der Waals surface area contributed by atoms with Crippen LogP contribution in [0.5, 0.6) is 0 Å². The molecule has 3 aliphatic rings. The zero-order valence-corrected chi connectivity index (χ0v) is 14.9. The Balaban J connectivity index is 1.22. The van der Waals surface area contributed by atoms with E-state index in [1.807, 2.05) is 0 Å². The summed E-state index contributed by atoms with van der Waals surface area (Å²) in [5, 5.41) is 3.00. The van der Waals surface area contributed by atoms with Crippen molar-refractivity contribution in [3.05, 3.63) is 35.6 Å². The van der Waals surface area contributed by atoms with Gasteiger partial charge in [0.25, 0.3) is 0 Å². The maximum absolute atomic E-state index is 13.7. The van der Waals surface area contributed by atoms with E-state index < -0.39 is 0 Å². The zero-order valence-electron chi connectivity index (χ0n) is 14.9. The molecule has 26 heavy (non-hydrogen) atoms. The standard InChI is InChI=1S/C20H25FN2O3/c21-17-4-2-1-3-16(17)8-19(25)23-12-20(13-23)9-15(11-26-20)7-18(24)22-10-14-5-6-14/h1-4,14-15H,5-13H2,(H,22,24). The summed E-state index contributed by atoms with van der Waals surface area (Å²) < 4.78 is 19.6. The monoisotopic (exact) mass is 360 g/mol. The lowest BCUT2D eigenvalue weighted by Gasteiger charge is -2.47. The van der Waals surface area contributed by atoms with Crippen LogP contribution in [0.25, 0.3) is 0 Å². The maximum Gasteiger partial charge on any atom is 0.227 e. The molecule has 0 radical (unpaired) electrons. The molecule has 1 saturated carbocycles. The molecule has 1 aliphatic carbocycles. The molecule has 1 aromatic carbocycles. The molecule has 4 rings (SSSR count). The molecular weight excluding hydrogens is 335 g/mol. The highest BCUT2D eigenvalue weighted by molar-refractivity contribution is 5.80. The van der Waals surface area contributed by atoms with Crippen LogP contribution in [0.15, 0.2) is 24.3 Å². The normalized spacial score (nSPS) is 23.7. The summed E-state index contributed by atoms with van der Waals surface area (Å²) in [6, 6.07) is 6.38. The highest BCUT2D eigenvalue weighted by atomic mass is 19.1. The van der Waals surface area contributed by atoms with Crippen LogP contribution >= 0.6 is 0 Å². The highest BCUT2D eigenvalue weighted by Crippen LogP contribution is 2.39. The van der Waals surface area contributed by atoms with Gasteiger partial charge in [-0.2, -0.15) is 0 Å². The Morgan fingerprint density at radius 1 is 1.23 bits per heavy atom. The van der Waals surface area contributed by atoms with Crippen LogP contribution in [0.3, 0.4) is 0 Å². The number of carbonyl (C=O) groups is 2. The van der Waals surface area contributed by atoms with E-state index in [2.05, 4.69) is 5.32 Å². The predicted octanol–water partition coefficient (Wildman–Crippen LogP) is 1.90. The van der Waals surface area contributed by atoms with Crippen LogP contribution in [0.2, 0.25) is 0 Å². The minimum atomic E-state index is -0.342. The van der Waals surface area contributed by atoms with Gasteiger partial charge in [-0.15, -0.1) is 0 Å². The van der Waals surface area contributed by atoms with Crippen LogP contribution < -0.4 is 5.32 Å². The number of hydrogen-bond donors (Lipinski definition) is 1. The fourth-order valence-electron chi connectivity index (χ4n) is 3.95. The van der Waals surface area contributed by atoms with Gasteiger partial charge in [-0.1, -0.05) is 18.2 Å². The van der Waals surface area contributed by atoms with Crippen LogP contribution in [0, 0.1) is 17.7 Å². The van der Waals surface area contributed by atoms with Gasteiger partial charge >= 0.3 is 0 Å². The third kappa shape index (κ3) is 3.90. The molecule has 5 nitrogen and oxygen atoms in total. The van der Waals surface area contributed by atoms with E-state index in [0.29, 0.717) is 37.6 Å². The lowest BCUT2D eigenvalue weighted by atomic mass is 9.85. The van der Waals surface area contributed by atoms with Gasteiger partial charge < -0.3 is 15.0 Å². The maximum atomic E-state index is 13.7. The molecule has 2 amide bonds. The Labute approximate surface area is 152 Å². The van der Waals surface area contributed by atoms with E-state index in [0.717, 1.165) is 13.0 Å². The Bertz CT molecular complexity index is 698. The number of benzene rings is 1. The first-order valence-electron chi connectivity index (χ1n) is 9.45. The number of carbonyl (C=O) groups excluding carboxylic acids is 2. The van der Waals surface area contributed by atoms with Crippen LogP contribution in [-0.4, -0.2) is 48.6 Å². The molecule has 2 aliphatic heterocycles. The van der Waals surface area contributed by atoms with Crippen molar-refractivity contribution >= 4 is 11.8 Å². The predicted molar refractivity (Wildman–Crippen MR) is 93.8 cm³/mol. The van der Waals surface area contributed by atoms with Gasteiger partial charge in [-0.3, -0.25) is 9.59 Å². The van der Waals surface area contributed by atoms with Crippen molar-refractivity contribution in [3.63, 3.8) is 0 Å². The number of rotatable bonds is 6. The van der Waals surface area contributed by atoms with Crippen molar-refractivity contribution in [2.75, 3.05) is 26.2 Å². The fraction of sp³-hybridized carbons (Fsp3) is 0.600. The molecule has 6 heteroatoms. The SMILES string of the molecule is O=C(CC1COC2(C1)CN(C(=O)Cc1ccccc1F)C2)NCC1CC1. The number of hydrogen-bond acceptors (Lipinski definition) is 3. The molecule has 1 atom stereocenters. The van der Waals surface area contributed by atoms with Gasteiger partial charge in [-0.05, 0) is 42.7 Å². The molecular formula is C20H25FN2O3. The van der Waals surface area contributed by atoms with Gasteiger partial charge in [0.15, 0.2) is 0 Å². The quantitative estimate of drug-likeness (QED) is 0.843. The summed E-state index contributed by atoms with van der Waals surface area (Å²) in [6.07, 6.45) is 3.85. The number of nitrogens with zero attached hydrogens (tertiary/aromatic N) is 1. The van der Waals surface area contributed by atoms with E-state index in [1.54, 1.807) is 23.1 Å². The van der Waals surface area contributed by atoms with E-state index in [-0.39, 0.29) is 35.6 Å². The molecule has 140 valence electrons. The molecule has 1 N–H and O–H groups in total. The Morgan fingerprint density at radius 3 is 2.73 bits per heavy atom. The fourth-order valence-corrected chi connectivity index (χ4v) is 3.95. The van der Waals surface area contributed by atoms with Gasteiger partial charge in [0.1, 0.15) is 11.4 Å². The smallest absolute Gasteiger partial charge is 0.227 e. The first-order chi connectivity index (χ1) is 12.5. The lowest BCUT2D eigenvalue weighted by Crippen LogP contribution is -2.63. The number of ether oxygens (including phenoxy) is 1. The van der Waals surface area contributed by atoms with Crippen molar-refractivity contribution < 1.29 is 18.7 Å². The first kappa shape index (κ1) is 17.5. The molecule has 0 bridgehead atoms. The Morgan fingerprint density at radius 2 is 2.00 bits per heavy atom. The molecule has 2 saturated heterocycles. The van der Waals surface area contributed by atoms with Crippen molar-refractivity contribution in [1.82, 2.24) is 10.2 Å². The second kappa shape index (κ2) is 6.99. The van der Waals surface area contributed by atoms with Crippen LogP contribution in [0.1, 0.15) is 31.2 Å². The van der Waals surface area contributed by atoms with E-state index >= 15 is 0 Å². The van der Waals surface area contributed by atoms with Crippen molar-refractivity contribution in [1.29, 1.82) is 0 Å². The third-order valence-electron chi connectivity index (χ3n) is 5.66. The molecule has 0 aromatic heterocycles. The summed E-state index contributed by atoms with van der Waals surface area (Å²) in [4.78, 5) is 26.1. The topological polar surface area (TPSA) is 58.6 Å². The van der Waals surface area contributed by atoms with E-state index in [1.165, 1.54) is 18.9 Å². The summed E-state index contributed by atoms with van der Waals surface area (Å²) in [7, 11) is 0. The van der Waals surface area contributed by atoms with Crippen LogP contribution in [-0.2, 0) is 20.7 Å². The average Bonchev–Trinajstić information content (AvgIpc) is 3.32. The third-order valence-corrected chi connectivity index (χ3v) is 5.66. The van der Waals surface area contributed by atoms with Gasteiger partial charge in [0.05, 0.1) is 26.1 Å². The molecule has 1 spiro atoms. The highest BCUT2D eigenvalue weighted by Gasteiger charge is 2.51. The summed E-state index contributed by atoms with van der Waals surface area (Å²) >= 11 is 0. The Kier molecular flexibility index (Phi) is 4.69. The number of nitrogens with one attached hydrogen (secondary N) is 1. The average molecular weight is 360 g/mol. The molecule has 3 fully saturated rings. The first-order valence-corrected chi connectivity index (χ1v) is 9.45. The number of amides is 2. The van der Waals surface area contributed by atoms with Crippen molar-refractivity contribution in [2.45, 2.75) is 37.7 Å². The largest absolute Gasteiger partial charge is 0.371 e. The van der Waals surface area contributed by atoms with E-state index in [9.17, 15) is 14.0 Å². The molecule has 2 heterocycles.